The van der Waals surface area contributed by atoms with Crippen LogP contribution in [0.15, 0.2) is 12.3 Å². The predicted molar refractivity (Wildman–Crippen MR) is 59.4 cm³/mol. The Morgan fingerprint density at radius 1 is 1.27 bits per heavy atom. The van der Waals surface area contributed by atoms with E-state index in [4.69, 9.17) is 4.74 Å². The molecule has 3 heterocycles. The third kappa shape index (κ3) is 2.26. The lowest BCUT2D eigenvalue weighted by Crippen LogP contribution is -2.42. The fraction of sp³-hybridized carbons (Fsp3) is 0.700. The highest BCUT2D eigenvalue weighted by molar-refractivity contribution is 5.85. The zero-order chi connectivity index (χ0) is 9.38. The van der Waals surface area contributed by atoms with E-state index >= 15 is 0 Å². The second-order valence-electron chi connectivity index (χ2n) is 4.27. The number of aromatic amines is 1. The number of aromatic nitrogens is 2. The zero-order valence-electron chi connectivity index (χ0n) is 8.48. The summed E-state index contributed by atoms with van der Waals surface area (Å²) < 4.78 is 5.82. The third-order valence-electron chi connectivity index (χ3n) is 3.20. The van der Waals surface area contributed by atoms with E-state index in [2.05, 4.69) is 15.5 Å². The van der Waals surface area contributed by atoms with Crippen LogP contribution in [-0.4, -0.2) is 28.4 Å². The molecule has 0 spiro atoms. The van der Waals surface area contributed by atoms with E-state index in [1.165, 1.54) is 12.8 Å². The van der Waals surface area contributed by atoms with Gasteiger partial charge in [0.1, 0.15) is 6.10 Å². The summed E-state index contributed by atoms with van der Waals surface area (Å²) in [4.78, 5) is 0. The summed E-state index contributed by atoms with van der Waals surface area (Å²) in [5, 5.41) is 10.3. The van der Waals surface area contributed by atoms with Crippen LogP contribution in [0.1, 0.15) is 25.7 Å². The van der Waals surface area contributed by atoms with Crippen molar-refractivity contribution >= 4 is 12.4 Å². The Hall–Kier alpha value is -0.740. The maximum absolute atomic E-state index is 5.82. The molecule has 0 amide bonds. The van der Waals surface area contributed by atoms with Gasteiger partial charge in [0.2, 0.25) is 5.88 Å². The Bertz CT molecular complexity index is 292. The molecule has 2 bridgehead atoms. The first-order valence-corrected chi connectivity index (χ1v) is 5.32. The lowest BCUT2D eigenvalue weighted by Gasteiger charge is -2.28. The number of fused-ring (bicyclic) bond motifs is 2. The zero-order valence-corrected chi connectivity index (χ0v) is 9.30. The van der Waals surface area contributed by atoms with Crippen LogP contribution in [-0.2, 0) is 0 Å². The second-order valence-corrected chi connectivity index (χ2v) is 4.27. The highest BCUT2D eigenvalue weighted by Crippen LogP contribution is 2.28. The second kappa shape index (κ2) is 4.41. The molecule has 0 saturated carbocycles. The van der Waals surface area contributed by atoms with Crippen LogP contribution in [0.2, 0.25) is 0 Å². The molecule has 84 valence electrons. The summed E-state index contributed by atoms with van der Waals surface area (Å²) >= 11 is 0. The molecule has 2 aliphatic rings. The van der Waals surface area contributed by atoms with Crippen molar-refractivity contribution in [1.82, 2.24) is 15.5 Å². The van der Waals surface area contributed by atoms with E-state index in [0.717, 1.165) is 18.7 Å². The molecule has 5 heteroatoms. The highest BCUT2D eigenvalue weighted by Gasteiger charge is 2.34. The van der Waals surface area contributed by atoms with Gasteiger partial charge < -0.3 is 10.1 Å². The number of hydrogen-bond acceptors (Lipinski definition) is 3. The molecule has 0 aliphatic carbocycles. The van der Waals surface area contributed by atoms with Crippen molar-refractivity contribution in [2.45, 2.75) is 43.9 Å². The van der Waals surface area contributed by atoms with Gasteiger partial charge in [-0.3, -0.25) is 0 Å². The molecule has 1 aromatic rings. The molecule has 15 heavy (non-hydrogen) atoms. The first-order valence-electron chi connectivity index (χ1n) is 5.32. The van der Waals surface area contributed by atoms with Gasteiger partial charge in [-0.1, -0.05) is 0 Å². The summed E-state index contributed by atoms with van der Waals surface area (Å²) in [6, 6.07) is 3.24. The number of hydrogen-bond donors (Lipinski definition) is 2. The van der Waals surface area contributed by atoms with Crippen LogP contribution in [0.25, 0.3) is 0 Å². The van der Waals surface area contributed by atoms with E-state index in [-0.39, 0.29) is 12.4 Å². The van der Waals surface area contributed by atoms with Gasteiger partial charge in [0.25, 0.3) is 0 Å². The number of nitrogens with zero attached hydrogens (tertiary/aromatic N) is 1. The fourth-order valence-electron chi connectivity index (χ4n) is 2.59. The van der Waals surface area contributed by atoms with E-state index in [1.54, 1.807) is 6.20 Å². The van der Waals surface area contributed by atoms with Gasteiger partial charge in [0, 0.05) is 18.2 Å². The van der Waals surface area contributed by atoms with Gasteiger partial charge in [0.15, 0.2) is 0 Å². The number of ether oxygens (including phenoxy) is 1. The topological polar surface area (TPSA) is 49.9 Å². The summed E-state index contributed by atoms with van der Waals surface area (Å²) in [5.41, 5.74) is 0. The molecule has 1 unspecified atom stereocenters. The van der Waals surface area contributed by atoms with Gasteiger partial charge >= 0.3 is 0 Å². The average Bonchev–Trinajstić information content (AvgIpc) is 2.77. The minimum absolute atomic E-state index is 0. The molecule has 1 aromatic heterocycles. The Balaban J connectivity index is 0.000000853. The monoisotopic (exact) mass is 229 g/mol. The van der Waals surface area contributed by atoms with E-state index in [9.17, 15) is 0 Å². The number of rotatable bonds is 2. The number of nitrogens with one attached hydrogen (secondary N) is 2. The van der Waals surface area contributed by atoms with Gasteiger partial charge in [-0.15, -0.1) is 12.4 Å². The molecule has 0 aromatic carbocycles. The van der Waals surface area contributed by atoms with Crippen LogP contribution in [0, 0.1) is 0 Å². The maximum atomic E-state index is 5.82. The third-order valence-corrected chi connectivity index (χ3v) is 3.20. The largest absolute Gasteiger partial charge is 0.475 e. The molecule has 2 N–H and O–H groups in total. The van der Waals surface area contributed by atoms with E-state index in [1.807, 2.05) is 6.07 Å². The first kappa shape index (κ1) is 10.8. The van der Waals surface area contributed by atoms with Crippen molar-refractivity contribution in [2.24, 2.45) is 0 Å². The van der Waals surface area contributed by atoms with Crippen molar-refractivity contribution in [3.63, 3.8) is 0 Å². The Morgan fingerprint density at radius 3 is 2.60 bits per heavy atom. The Morgan fingerprint density at radius 2 is 2.00 bits per heavy atom. The molecule has 2 saturated heterocycles. The maximum Gasteiger partial charge on any atom is 0.209 e. The van der Waals surface area contributed by atoms with Crippen molar-refractivity contribution in [3.05, 3.63) is 12.3 Å². The minimum atomic E-state index is 0. The standard InChI is InChI=1S/C10H15N3O.ClH/c1-2-8-6-9(5-7(1)12-8)14-10-3-4-11-13-10;/h3-4,7-9,12H,1-2,5-6H2,(H,11,13);1H/t7-,8+,9?;. The lowest BCUT2D eigenvalue weighted by atomic mass is 10.0. The normalized spacial score (nSPS) is 33.5. The molecule has 3 rings (SSSR count). The van der Waals surface area contributed by atoms with Gasteiger partial charge in [-0.2, -0.15) is 5.10 Å². The van der Waals surface area contributed by atoms with Crippen LogP contribution >= 0.6 is 12.4 Å². The number of halogens is 1. The number of piperidine rings is 1. The summed E-state index contributed by atoms with van der Waals surface area (Å²) in [5.74, 6) is 0.802. The molecular weight excluding hydrogens is 214 g/mol. The summed E-state index contributed by atoms with van der Waals surface area (Å²) in [6.07, 6.45) is 6.99. The smallest absolute Gasteiger partial charge is 0.209 e. The minimum Gasteiger partial charge on any atom is -0.475 e. The van der Waals surface area contributed by atoms with Gasteiger partial charge in [-0.25, -0.2) is 5.10 Å². The van der Waals surface area contributed by atoms with Crippen molar-refractivity contribution in [2.75, 3.05) is 0 Å². The van der Waals surface area contributed by atoms with Gasteiger partial charge in [0.05, 0.1) is 6.20 Å². The van der Waals surface area contributed by atoms with Crippen LogP contribution in [0.4, 0.5) is 0 Å². The summed E-state index contributed by atoms with van der Waals surface area (Å²) in [6.45, 7) is 0. The molecule has 3 atom stereocenters. The average molecular weight is 230 g/mol. The van der Waals surface area contributed by atoms with Crippen LogP contribution in [0.5, 0.6) is 5.88 Å². The molecular formula is C10H16ClN3O. The quantitative estimate of drug-likeness (QED) is 0.808. The Kier molecular flexibility index (Phi) is 3.17. The van der Waals surface area contributed by atoms with Crippen molar-refractivity contribution in [1.29, 1.82) is 0 Å². The first-order chi connectivity index (χ1) is 6.90. The molecule has 4 nitrogen and oxygen atoms in total. The molecule has 0 radical (unpaired) electrons. The molecule has 2 aliphatic heterocycles. The Labute approximate surface area is 95.2 Å². The SMILES string of the molecule is Cl.c1cc(OC2C[C@H]3CC[C@@H](C2)N3)[nH]n1. The van der Waals surface area contributed by atoms with Gasteiger partial charge in [-0.05, 0) is 25.7 Å². The van der Waals surface area contributed by atoms with Crippen LogP contribution in [0.3, 0.4) is 0 Å². The van der Waals surface area contributed by atoms with Crippen LogP contribution < -0.4 is 10.1 Å². The summed E-state index contributed by atoms with van der Waals surface area (Å²) in [7, 11) is 0. The fourth-order valence-corrected chi connectivity index (χ4v) is 2.59. The van der Waals surface area contributed by atoms with E-state index < -0.39 is 0 Å². The van der Waals surface area contributed by atoms with Crippen molar-refractivity contribution < 1.29 is 4.74 Å². The van der Waals surface area contributed by atoms with E-state index in [0.29, 0.717) is 18.2 Å². The number of H-pyrrole nitrogens is 1. The van der Waals surface area contributed by atoms with Crippen molar-refractivity contribution in [3.8, 4) is 5.88 Å². The molecule has 2 fully saturated rings. The highest BCUT2D eigenvalue weighted by atomic mass is 35.5. The lowest BCUT2D eigenvalue weighted by molar-refractivity contribution is 0.131. The predicted octanol–water partition coefficient (Wildman–Crippen LogP) is 1.49.